The van der Waals surface area contributed by atoms with E-state index in [9.17, 15) is 5.11 Å². The Hall–Kier alpha value is -1.55. The minimum atomic E-state index is -0.201. The smallest absolute Gasteiger partial charge is 0.138 e. The van der Waals surface area contributed by atoms with Crippen molar-refractivity contribution in [3.05, 3.63) is 30.6 Å². The Balaban J connectivity index is 2.01. The minimum absolute atomic E-state index is 0.201. The molecule has 1 fully saturated rings. The lowest BCUT2D eigenvalue weighted by Crippen LogP contribution is -2.39. The maximum atomic E-state index is 9.70. The molecule has 0 saturated carbocycles. The second kappa shape index (κ2) is 3.79. The lowest BCUT2D eigenvalue weighted by Gasteiger charge is -2.32. The topological polar surface area (TPSA) is 40.8 Å². The van der Waals surface area contributed by atoms with Gasteiger partial charge in [-0.3, -0.25) is 4.40 Å². The molecule has 84 valence electrons. The van der Waals surface area contributed by atoms with Gasteiger partial charge in [0.25, 0.3) is 0 Å². The molecule has 1 aliphatic heterocycles. The van der Waals surface area contributed by atoms with E-state index in [4.69, 9.17) is 0 Å². The number of aromatic nitrogens is 2. The van der Waals surface area contributed by atoms with E-state index in [1.807, 2.05) is 18.3 Å². The van der Waals surface area contributed by atoms with Crippen molar-refractivity contribution in [3.8, 4) is 0 Å². The van der Waals surface area contributed by atoms with Crippen LogP contribution >= 0.6 is 0 Å². The van der Waals surface area contributed by atoms with E-state index in [0.29, 0.717) is 0 Å². The van der Waals surface area contributed by atoms with E-state index in [0.717, 1.165) is 37.4 Å². The fraction of sp³-hybridized carbons (Fsp3) is 0.417. The van der Waals surface area contributed by atoms with Gasteiger partial charge in [0.15, 0.2) is 0 Å². The number of pyridine rings is 1. The molecular weight excluding hydrogens is 202 g/mol. The third-order valence-electron chi connectivity index (χ3n) is 3.13. The highest BCUT2D eigenvalue weighted by Crippen LogP contribution is 2.20. The summed E-state index contributed by atoms with van der Waals surface area (Å²) in [5.74, 6) is 1.12. The average molecular weight is 217 g/mol. The molecule has 4 nitrogen and oxygen atoms in total. The first kappa shape index (κ1) is 9.66. The highest BCUT2D eigenvalue weighted by molar-refractivity contribution is 5.51. The Bertz CT molecular complexity index is 494. The van der Waals surface area contributed by atoms with Crippen LogP contribution in [0.1, 0.15) is 12.8 Å². The number of imidazole rings is 1. The molecule has 0 radical (unpaired) electrons. The normalized spacial score (nSPS) is 21.6. The van der Waals surface area contributed by atoms with E-state index in [1.165, 1.54) is 0 Å². The molecule has 0 aromatic carbocycles. The van der Waals surface area contributed by atoms with Crippen molar-refractivity contribution in [3.63, 3.8) is 0 Å². The summed E-state index contributed by atoms with van der Waals surface area (Å²) in [5.41, 5.74) is 0.956. The third-order valence-corrected chi connectivity index (χ3v) is 3.13. The molecule has 0 bridgehead atoms. The van der Waals surface area contributed by atoms with Gasteiger partial charge in [0.1, 0.15) is 11.5 Å². The van der Waals surface area contributed by atoms with Crippen LogP contribution in [0.15, 0.2) is 30.6 Å². The summed E-state index contributed by atoms with van der Waals surface area (Å²) in [6.45, 7) is 1.73. The maximum absolute atomic E-state index is 9.70. The average Bonchev–Trinajstić information content (AvgIpc) is 2.76. The molecule has 3 heterocycles. The zero-order valence-corrected chi connectivity index (χ0v) is 9.08. The molecule has 1 N–H and O–H groups in total. The van der Waals surface area contributed by atoms with E-state index in [-0.39, 0.29) is 6.10 Å². The summed E-state index contributed by atoms with van der Waals surface area (Å²) in [4.78, 5) is 6.49. The van der Waals surface area contributed by atoms with Crippen molar-refractivity contribution in [1.29, 1.82) is 0 Å². The maximum Gasteiger partial charge on any atom is 0.138 e. The van der Waals surface area contributed by atoms with Crippen molar-refractivity contribution >= 4 is 11.5 Å². The SMILES string of the molecule is O[C@H]1CCCN(c2cccc3nccn23)C1. The zero-order chi connectivity index (χ0) is 11.0. The molecule has 2 aromatic heterocycles. The molecule has 0 aliphatic carbocycles. The van der Waals surface area contributed by atoms with Gasteiger partial charge in [0, 0.05) is 25.5 Å². The number of piperidine rings is 1. The molecule has 1 aliphatic rings. The Kier molecular flexibility index (Phi) is 2.29. The number of β-amino-alcohol motifs (C(OH)–C–C–N with tert-alkyl or cyclic N) is 1. The Morgan fingerprint density at radius 2 is 2.31 bits per heavy atom. The Morgan fingerprint density at radius 1 is 1.38 bits per heavy atom. The fourth-order valence-corrected chi connectivity index (χ4v) is 2.35. The van der Waals surface area contributed by atoms with Crippen LogP contribution in [0, 0.1) is 0 Å². The quantitative estimate of drug-likeness (QED) is 0.782. The van der Waals surface area contributed by atoms with Gasteiger partial charge < -0.3 is 10.0 Å². The second-order valence-electron chi connectivity index (χ2n) is 4.28. The lowest BCUT2D eigenvalue weighted by atomic mass is 10.1. The molecule has 1 saturated heterocycles. The number of fused-ring (bicyclic) bond motifs is 1. The number of hydrogen-bond donors (Lipinski definition) is 1. The first-order valence-corrected chi connectivity index (χ1v) is 5.70. The molecular formula is C12H15N3O. The molecule has 0 unspecified atom stereocenters. The van der Waals surface area contributed by atoms with Gasteiger partial charge in [-0.25, -0.2) is 4.98 Å². The lowest BCUT2D eigenvalue weighted by molar-refractivity contribution is 0.154. The largest absolute Gasteiger partial charge is 0.391 e. The van der Waals surface area contributed by atoms with Gasteiger partial charge in [-0.15, -0.1) is 0 Å². The monoisotopic (exact) mass is 217 g/mol. The van der Waals surface area contributed by atoms with Gasteiger partial charge in [0.2, 0.25) is 0 Å². The van der Waals surface area contributed by atoms with Gasteiger partial charge in [-0.05, 0) is 25.0 Å². The molecule has 1 atom stereocenters. The Labute approximate surface area is 94.1 Å². The molecule has 0 spiro atoms. The van der Waals surface area contributed by atoms with Crippen LogP contribution < -0.4 is 4.90 Å². The number of hydrogen-bond acceptors (Lipinski definition) is 3. The molecule has 16 heavy (non-hydrogen) atoms. The summed E-state index contributed by atoms with van der Waals surface area (Å²) in [6, 6.07) is 6.08. The first-order chi connectivity index (χ1) is 7.84. The summed E-state index contributed by atoms with van der Waals surface area (Å²) in [7, 11) is 0. The van der Waals surface area contributed by atoms with Crippen LogP contribution in [0.25, 0.3) is 5.65 Å². The number of aliphatic hydroxyl groups is 1. The minimum Gasteiger partial charge on any atom is -0.391 e. The third kappa shape index (κ3) is 1.55. The van der Waals surface area contributed by atoms with Crippen molar-refractivity contribution < 1.29 is 5.11 Å². The van der Waals surface area contributed by atoms with Gasteiger partial charge in [-0.1, -0.05) is 6.07 Å². The predicted molar refractivity (Wildman–Crippen MR) is 62.6 cm³/mol. The first-order valence-electron chi connectivity index (χ1n) is 5.70. The second-order valence-corrected chi connectivity index (χ2v) is 4.28. The standard InChI is InChI=1S/C12H15N3O/c16-10-3-2-7-14(9-10)12-5-1-4-11-13-6-8-15(11)12/h1,4-6,8,10,16H,2-3,7,9H2/t10-/m0/s1. The van der Waals surface area contributed by atoms with Gasteiger partial charge in [-0.2, -0.15) is 0 Å². The molecule has 0 amide bonds. The highest BCUT2D eigenvalue weighted by Gasteiger charge is 2.19. The highest BCUT2D eigenvalue weighted by atomic mass is 16.3. The van der Waals surface area contributed by atoms with Gasteiger partial charge >= 0.3 is 0 Å². The Morgan fingerprint density at radius 3 is 3.19 bits per heavy atom. The van der Waals surface area contributed by atoms with Crippen molar-refractivity contribution in [2.45, 2.75) is 18.9 Å². The van der Waals surface area contributed by atoms with Crippen molar-refractivity contribution in [2.24, 2.45) is 0 Å². The zero-order valence-electron chi connectivity index (χ0n) is 9.08. The van der Waals surface area contributed by atoms with Crippen LogP contribution in [-0.2, 0) is 0 Å². The van der Waals surface area contributed by atoms with E-state index < -0.39 is 0 Å². The summed E-state index contributed by atoms with van der Waals surface area (Å²) in [6.07, 6.45) is 5.53. The molecule has 4 heteroatoms. The summed E-state index contributed by atoms with van der Waals surface area (Å²) < 4.78 is 2.07. The van der Waals surface area contributed by atoms with Gasteiger partial charge in [0.05, 0.1) is 6.10 Å². The van der Waals surface area contributed by atoms with E-state index in [1.54, 1.807) is 6.20 Å². The summed E-state index contributed by atoms with van der Waals surface area (Å²) in [5, 5.41) is 9.70. The fourth-order valence-electron chi connectivity index (χ4n) is 2.35. The summed E-state index contributed by atoms with van der Waals surface area (Å²) >= 11 is 0. The van der Waals surface area contributed by atoms with Crippen LogP contribution in [0.3, 0.4) is 0 Å². The number of aliphatic hydroxyl groups excluding tert-OH is 1. The predicted octanol–water partition coefficient (Wildman–Crippen LogP) is 1.30. The van der Waals surface area contributed by atoms with Crippen LogP contribution in [0.2, 0.25) is 0 Å². The van der Waals surface area contributed by atoms with Crippen LogP contribution in [0.5, 0.6) is 0 Å². The number of anilines is 1. The molecule has 3 rings (SSSR count). The van der Waals surface area contributed by atoms with E-state index in [2.05, 4.69) is 20.4 Å². The van der Waals surface area contributed by atoms with Crippen LogP contribution in [0.4, 0.5) is 5.82 Å². The van der Waals surface area contributed by atoms with Crippen molar-refractivity contribution in [1.82, 2.24) is 9.38 Å². The number of rotatable bonds is 1. The molecule has 2 aromatic rings. The van der Waals surface area contributed by atoms with E-state index >= 15 is 0 Å². The number of nitrogens with zero attached hydrogens (tertiary/aromatic N) is 3. The van der Waals surface area contributed by atoms with Crippen LogP contribution in [-0.4, -0.2) is 33.7 Å². The van der Waals surface area contributed by atoms with Crippen molar-refractivity contribution in [2.75, 3.05) is 18.0 Å².